The summed E-state index contributed by atoms with van der Waals surface area (Å²) >= 11 is 0. The molecule has 6 unspecified atom stereocenters. The fraction of sp³-hybridized carbons (Fsp3) is 1.00. The van der Waals surface area contributed by atoms with Gasteiger partial charge in [0.1, 0.15) is 0 Å². The molecule has 1 heteroatoms. The zero-order valence-corrected chi connectivity index (χ0v) is 7.62. The molecule has 0 spiro atoms. The standard InChI is InChI=1S/C11H16O/c1-11-4-8-6-2-7(10(8)11)9(3-6)12-5-11/h6-10H,2-5H2,1H3. The summed E-state index contributed by atoms with van der Waals surface area (Å²) in [6, 6.07) is 0. The molecule has 0 aromatic carbocycles. The van der Waals surface area contributed by atoms with Gasteiger partial charge in [-0.05, 0) is 48.3 Å². The van der Waals surface area contributed by atoms with Crippen molar-refractivity contribution in [3.05, 3.63) is 0 Å². The molecule has 1 aliphatic heterocycles. The van der Waals surface area contributed by atoms with Crippen LogP contribution >= 0.6 is 0 Å². The Kier molecular flexibility index (Phi) is 0.863. The van der Waals surface area contributed by atoms with E-state index in [0.717, 1.165) is 30.3 Å². The monoisotopic (exact) mass is 164 g/mol. The fourth-order valence-corrected chi connectivity index (χ4v) is 4.89. The molecule has 0 aromatic rings. The minimum atomic E-state index is 0.612. The first-order chi connectivity index (χ1) is 5.78. The maximum atomic E-state index is 5.96. The Bertz CT molecular complexity index is 249. The second kappa shape index (κ2) is 1.61. The summed E-state index contributed by atoms with van der Waals surface area (Å²) in [7, 11) is 0. The molecule has 3 aliphatic carbocycles. The van der Waals surface area contributed by atoms with Crippen molar-refractivity contribution in [2.24, 2.45) is 29.1 Å². The van der Waals surface area contributed by atoms with Crippen LogP contribution in [0.15, 0.2) is 0 Å². The maximum Gasteiger partial charge on any atom is 0.0609 e. The molecule has 1 heterocycles. The van der Waals surface area contributed by atoms with Crippen LogP contribution in [0.3, 0.4) is 0 Å². The van der Waals surface area contributed by atoms with Crippen molar-refractivity contribution in [3.63, 3.8) is 0 Å². The third kappa shape index (κ3) is 0.477. The van der Waals surface area contributed by atoms with Crippen molar-refractivity contribution in [1.82, 2.24) is 0 Å². The molecular weight excluding hydrogens is 148 g/mol. The third-order valence-corrected chi connectivity index (χ3v) is 5.25. The average Bonchev–Trinajstić information content (AvgIpc) is 2.50. The smallest absolute Gasteiger partial charge is 0.0609 e. The Morgan fingerprint density at radius 1 is 1.25 bits per heavy atom. The van der Waals surface area contributed by atoms with E-state index in [1.165, 1.54) is 19.3 Å². The van der Waals surface area contributed by atoms with Gasteiger partial charge in [0, 0.05) is 0 Å². The summed E-state index contributed by atoms with van der Waals surface area (Å²) in [6.07, 6.45) is 5.08. The Hall–Kier alpha value is -0.0400. The first-order valence-electron chi connectivity index (χ1n) is 5.39. The molecule has 3 saturated carbocycles. The van der Waals surface area contributed by atoms with Gasteiger partial charge < -0.3 is 4.74 Å². The molecule has 0 N–H and O–H groups in total. The van der Waals surface area contributed by atoms with Gasteiger partial charge in [-0.15, -0.1) is 0 Å². The summed E-state index contributed by atoms with van der Waals surface area (Å²) in [6.45, 7) is 3.52. The van der Waals surface area contributed by atoms with Crippen LogP contribution in [0.4, 0.5) is 0 Å². The zero-order chi connectivity index (χ0) is 7.92. The van der Waals surface area contributed by atoms with Crippen molar-refractivity contribution in [2.45, 2.75) is 32.3 Å². The van der Waals surface area contributed by atoms with Crippen LogP contribution < -0.4 is 0 Å². The van der Waals surface area contributed by atoms with Crippen LogP contribution in [0, 0.1) is 29.1 Å². The maximum absolute atomic E-state index is 5.96. The number of hydrogen-bond acceptors (Lipinski definition) is 1. The average molecular weight is 164 g/mol. The normalized spacial score (nSPS) is 71.2. The van der Waals surface area contributed by atoms with Gasteiger partial charge in [-0.2, -0.15) is 0 Å². The highest BCUT2D eigenvalue weighted by Gasteiger charge is 2.68. The van der Waals surface area contributed by atoms with Crippen LogP contribution in [0.1, 0.15) is 26.2 Å². The third-order valence-electron chi connectivity index (χ3n) is 5.25. The van der Waals surface area contributed by atoms with Gasteiger partial charge >= 0.3 is 0 Å². The lowest BCUT2D eigenvalue weighted by molar-refractivity contribution is -0.211. The summed E-state index contributed by atoms with van der Waals surface area (Å²) in [4.78, 5) is 0. The van der Waals surface area contributed by atoms with E-state index in [4.69, 9.17) is 4.74 Å². The Morgan fingerprint density at radius 3 is 3.00 bits per heavy atom. The predicted molar refractivity (Wildman–Crippen MR) is 45.7 cm³/mol. The molecule has 66 valence electrons. The van der Waals surface area contributed by atoms with Crippen LogP contribution in [-0.2, 0) is 4.74 Å². The quantitative estimate of drug-likeness (QED) is 0.532. The van der Waals surface area contributed by atoms with Crippen molar-refractivity contribution in [2.75, 3.05) is 6.61 Å². The molecule has 4 aliphatic rings. The predicted octanol–water partition coefficient (Wildman–Crippen LogP) is 2.07. The molecule has 0 radical (unpaired) electrons. The SMILES string of the molecule is CC12COC3CC4CC3C1C4C2. The number of ether oxygens (including phenoxy) is 1. The van der Waals surface area contributed by atoms with Crippen LogP contribution in [0.25, 0.3) is 0 Å². The molecule has 1 nitrogen and oxygen atoms in total. The lowest BCUT2D eigenvalue weighted by Gasteiger charge is -2.60. The van der Waals surface area contributed by atoms with Crippen LogP contribution in [0.2, 0.25) is 0 Å². The second-order valence-corrected chi connectivity index (χ2v) is 5.79. The lowest BCUT2D eigenvalue weighted by atomic mass is 9.49. The van der Waals surface area contributed by atoms with E-state index in [1.54, 1.807) is 0 Å². The molecule has 0 amide bonds. The molecule has 2 bridgehead atoms. The summed E-state index contributed by atoms with van der Waals surface area (Å²) in [5.74, 6) is 4.25. The summed E-state index contributed by atoms with van der Waals surface area (Å²) < 4.78 is 5.96. The second-order valence-electron chi connectivity index (χ2n) is 5.79. The topological polar surface area (TPSA) is 9.23 Å². The van der Waals surface area contributed by atoms with E-state index in [0.29, 0.717) is 11.5 Å². The van der Waals surface area contributed by atoms with E-state index < -0.39 is 0 Å². The van der Waals surface area contributed by atoms with Crippen LogP contribution in [-0.4, -0.2) is 12.7 Å². The summed E-state index contributed by atoms with van der Waals surface area (Å²) in [5.41, 5.74) is 0.612. The van der Waals surface area contributed by atoms with E-state index in [1.807, 2.05) is 0 Å². The van der Waals surface area contributed by atoms with E-state index in [9.17, 15) is 0 Å². The minimum Gasteiger partial charge on any atom is -0.377 e. The highest BCUT2D eigenvalue weighted by molar-refractivity contribution is 5.16. The highest BCUT2D eigenvalue weighted by atomic mass is 16.5. The van der Waals surface area contributed by atoms with Crippen molar-refractivity contribution in [1.29, 1.82) is 0 Å². The van der Waals surface area contributed by atoms with Crippen molar-refractivity contribution < 1.29 is 4.74 Å². The molecule has 0 aromatic heterocycles. The number of rotatable bonds is 0. The Balaban J connectivity index is 1.82. The van der Waals surface area contributed by atoms with E-state index in [-0.39, 0.29) is 0 Å². The largest absolute Gasteiger partial charge is 0.377 e. The number of fused-ring (bicyclic) bond motifs is 2. The lowest BCUT2D eigenvalue weighted by Crippen LogP contribution is -2.58. The molecule has 6 atom stereocenters. The Labute approximate surface area is 73.5 Å². The molecular formula is C11H16O. The van der Waals surface area contributed by atoms with Gasteiger partial charge in [0.2, 0.25) is 0 Å². The fourth-order valence-electron chi connectivity index (χ4n) is 4.89. The van der Waals surface area contributed by atoms with Gasteiger partial charge in [0.15, 0.2) is 0 Å². The van der Waals surface area contributed by atoms with Crippen molar-refractivity contribution >= 4 is 0 Å². The minimum absolute atomic E-state index is 0.612. The van der Waals surface area contributed by atoms with Crippen molar-refractivity contribution in [3.8, 4) is 0 Å². The molecule has 1 saturated heterocycles. The van der Waals surface area contributed by atoms with Gasteiger partial charge in [-0.25, -0.2) is 0 Å². The van der Waals surface area contributed by atoms with Gasteiger partial charge in [-0.3, -0.25) is 0 Å². The summed E-state index contributed by atoms with van der Waals surface area (Å²) in [5, 5.41) is 0. The van der Waals surface area contributed by atoms with Gasteiger partial charge in [0.05, 0.1) is 12.7 Å². The van der Waals surface area contributed by atoms with E-state index in [2.05, 4.69) is 6.92 Å². The first-order valence-corrected chi connectivity index (χ1v) is 5.39. The van der Waals surface area contributed by atoms with E-state index >= 15 is 0 Å². The molecule has 4 fully saturated rings. The van der Waals surface area contributed by atoms with Gasteiger partial charge in [-0.1, -0.05) is 6.92 Å². The van der Waals surface area contributed by atoms with Gasteiger partial charge in [0.25, 0.3) is 0 Å². The zero-order valence-electron chi connectivity index (χ0n) is 7.62. The Morgan fingerprint density at radius 2 is 2.17 bits per heavy atom. The first kappa shape index (κ1) is 6.42. The highest BCUT2D eigenvalue weighted by Crippen LogP contribution is 2.71. The molecule has 12 heavy (non-hydrogen) atoms. The number of hydrogen-bond donors (Lipinski definition) is 0. The molecule has 4 rings (SSSR count). The van der Waals surface area contributed by atoms with Crippen LogP contribution in [0.5, 0.6) is 0 Å².